The lowest BCUT2D eigenvalue weighted by molar-refractivity contribution is 0.474. The van der Waals surface area contributed by atoms with Gasteiger partial charge in [-0.2, -0.15) is 0 Å². The molecule has 0 fully saturated rings. The molecule has 0 saturated carbocycles. The van der Waals surface area contributed by atoms with E-state index in [-0.39, 0.29) is 0 Å². The van der Waals surface area contributed by atoms with Crippen molar-refractivity contribution in [2.24, 2.45) is 0 Å². The summed E-state index contributed by atoms with van der Waals surface area (Å²) in [4.78, 5) is 5.57. The fourth-order valence-corrected chi connectivity index (χ4v) is 3.35. The van der Waals surface area contributed by atoms with Crippen LogP contribution in [0.25, 0.3) is 10.8 Å². The van der Waals surface area contributed by atoms with Crippen molar-refractivity contribution < 1.29 is 9.52 Å². The second kappa shape index (κ2) is 5.50. The minimum absolute atomic E-state index is 0.291. The van der Waals surface area contributed by atoms with Crippen LogP contribution in [0, 0.1) is 0 Å². The van der Waals surface area contributed by atoms with Gasteiger partial charge < -0.3 is 9.52 Å². The first-order valence-electron chi connectivity index (χ1n) is 5.71. The highest BCUT2D eigenvalue weighted by molar-refractivity contribution is 7.98. The fraction of sp³-hybridized carbons (Fsp3) is 0.0714. The van der Waals surface area contributed by atoms with Crippen molar-refractivity contribution in [1.82, 2.24) is 4.98 Å². The Morgan fingerprint density at radius 3 is 3.00 bits per heavy atom. The molecule has 96 valence electrons. The molecule has 0 amide bonds. The van der Waals surface area contributed by atoms with E-state index in [1.54, 1.807) is 41.5 Å². The van der Waals surface area contributed by atoms with E-state index in [9.17, 15) is 5.11 Å². The summed E-state index contributed by atoms with van der Waals surface area (Å²) in [6, 6.07) is 11.0. The van der Waals surface area contributed by atoms with E-state index in [2.05, 4.69) is 4.98 Å². The summed E-state index contributed by atoms with van der Waals surface area (Å²) >= 11 is 3.23. The van der Waals surface area contributed by atoms with Gasteiger partial charge in [0, 0.05) is 16.0 Å². The Labute approximate surface area is 118 Å². The smallest absolute Gasteiger partial charge is 0.162 e. The number of aromatic nitrogens is 1. The molecule has 0 unspecified atom stereocenters. The molecule has 1 N–H and O–H groups in total. The third-order valence-corrected chi connectivity index (χ3v) is 4.42. The summed E-state index contributed by atoms with van der Waals surface area (Å²) in [5, 5.41) is 12.3. The van der Waals surface area contributed by atoms with Crippen molar-refractivity contribution in [1.29, 1.82) is 0 Å². The summed E-state index contributed by atoms with van der Waals surface area (Å²) in [7, 11) is 0. The van der Waals surface area contributed by atoms with Crippen molar-refractivity contribution in [2.75, 3.05) is 0 Å². The van der Waals surface area contributed by atoms with Crippen LogP contribution in [0.5, 0.6) is 5.75 Å². The maximum absolute atomic E-state index is 9.40. The van der Waals surface area contributed by atoms with E-state index in [0.29, 0.717) is 5.75 Å². The molecule has 0 atom stereocenters. The first kappa shape index (κ1) is 12.3. The van der Waals surface area contributed by atoms with Gasteiger partial charge in [-0.25, -0.2) is 4.98 Å². The number of phenolic OH excluding ortho intramolecular Hbond substituents is 1. The molecule has 2 heterocycles. The molecule has 0 saturated heterocycles. The second-order valence-corrected chi connectivity index (χ2v) is 5.81. The zero-order valence-corrected chi connectivity index (χ0v) is 11.6. The fourth-order valence-electron chi connectivity index (χ4n) is 1.62. The van der Waals surface area contributed by atoms with Gasteiger partial charge in [-0.3, -0.25) is 0 Å². The Morgan fingerprint density at radius 1 is 1.26 bits per heavy atom. The van der Waals surface area contributed by atoms with Crippen LogP contribution in [0.4, 0.5) is 0 Å². The molecule has 3 nitrogen and oxygen atoms in total. The Kier molecular flexibility index (Phi) is 3.57. The van der Waals surface area contributed by atoms with Crippen LogP contribution >= 0.6 is 23.1 Å². The van der Waals surface area contributed by atoms with Gasteiger partial charge in [0.1, 0.15) is 5.75 Å². The Hall–Kier alpha value is -1.72. The molecule has 19 heavy (non-hydrogen) atoms. The van der Waals surface area contributed by atoms with E-state index in [1.165, 1.54) is 0 Å². The maximum Gasteiger partial charge on any atom is 0.162 e. The van der Waals surface area contributed by atoms with E-state index in [1.807, 2.05) is 29.6 Å². The van der Waals surface area contributed by atoms with Gasteiger partial charge in [0.2, 0.25) is 0 Å². The molecule has 2 aromatic heterocycles. The lowest BCUT2D eigenvalue weighted by atomic mass is 10.3. The van der Waals surface area contributed by atoms with E-state index >= 15 is 0 Å². The number of rotatable bonds is 4. The highest BCUT2D eigenvalue weighted by Crippen LogP contribution is 2.29. The molecule has 0 bridgehead atoms. The lowest BCUT2D eigenvalue weighted by Crippen LogP contribution is -1.81. The quantitative estimate of drug-likeness (QED) is 0.723. The average Bonchev–Trinajstić information content (AvgIpc) is 3.07. The van der Waals surface area contributed by atoms with Crippen LogP contribution < -0.4 is 0 Å². The summed E-state index contributed by atoms with van der Waals surface area (Å²) < 4.78 is 5.32. The first-order valence-corrected chi connectivity index (χ1v) is 7.58. The standard InChI is InChI=1S/C14H11NO2S2/c16-11-3-1-4-12(7-11)18-8-10-9-19-14(15-10)13-5-2-6-17-13/h1-7,9,16H,8H2. The topological polar surface area (TPSA) is 46.3 Å². The third kappa shape index (κ3) is 3.00. The van der Waals surface area contributed by atoms with Crippen molar-refractivity contribution in [3.63, 3.8) is 0 Å². The van der Waals surface area contributed by atoms with E-state index in [0.717, 1.165) is 27.1 Å². The molecular formula is C14H11NO2S2. The number of hydrogen-bond acceptors (Lipinski definition) is 5. The predicted molar refractivity (Wildman–Crippen MR) is 77.5 cm³/mol. The molecule has 5 heteroatoms. The number of hydrogen-bond donors (Lipinski definition) is 1. The second-order valence-electron chi connectivity index (χ2n) is 3.91. The van der Waals surface area contributed by atoms with Crippen molar-refractivity contribution in [2.45, 2.75) is 10.6 Å². The van der Waals surface area contributed by atoms with Crippen molar-refractivity contribution >= 4 is 23.1 Å². The van der Waals surface area contributed by atoms with Crippen LogP contribution in [-0.4, -0.2) is 10.1 Å². The lowest BCUT2D eigenvalue weighted by Gasteiger charge is -1.99. The van der Waals surface area contributed by atoms with Gasteiger partial charge in [-0.15, -0.1) is 23.1 Å². The zero-order chi connectivity index (χ0) is 13.1. The number of nitrogens with zero attached hydrogens (tertiary/aromatic N) is 1. The highest BCUT2D eigenvalue weighted by Gasteiger charge is 2.07. The van der Waals surface area contributed by atoms with Crippen molar-refractivity contribution in [3.8, 4) is 16.5 Å². The molecule has 0 radical (unpaired) electrons. The molecule has 3 rings (SSSR count). The van der Waals surface area contributed by atoms with Crippen LogP contribution in [0.3, 0.4) is 0 Å². The van der Waals surface area contributed by atoms with E-state index < -0.39 is 0 Å². The summed E-state index contributed by atoms with van der Waals surface area (Å²) in [6.45, 7) is 0. The normalized spacial score (nSPS) is 10.7. The molecule has 0 aliphatic rings. The van der Waals surface area contributed by atoms with Gasteiger partial charge >= 0.3 is 0 Å². The van der Waals surface area contributed by atoms with Crippen molar-refractivity contribution in [3.05, 3.63) is 53.7 Å². The molecule has 0 spiro atoms. The number of phenols is 1. The number of thioether (sulfide) groups is 1. The van der Waals surface area contributed by atoms with Gasteiger partial charge in [0.25, 0.3) is 0 Å². The third-order valence-electron chi connectivity index (χ3n) is 2.49. The van der Waals surface area contributed by atoms with Gasteiger partial charge in [0.05, 0.1) is 12.0 Å². The number of furan rings is 1. The molecule has 0 aliphatic carbocycles. The van der Waals surface area contributed by atoms with Gasteiger partial charge in [-0.1, -0.05) is 6.07 Å². The Morgan fingerprint density at radius 2 is 2.21 bits per heavy atom. The minimum Gasteiger partial charge on any atom is -0.508 e. The molecule has 0 aliphatic heterocycles. The zero-order valence-electron chi connectivity index (χ0n) is 9.95. The van der Waals surface area contributed by atoms with E-state index in [4.69, 9.17) is 4.42 Å². The number of benzene rings is 1. The van der Waals surface area contributed by atoms with Crippen LogP contribution in [0.15, 0.2) is 57.4 Å². The van der Waals surface area contributed by atoms with Crippen LogP contribution in [0.2, 0.25) is 0 Å². The number of thiazole rings is 1. The Bertz CT molecular complexity index is 662. The average molecular weight is 289 g/mol. The SMILES string of the molecule is Oc1cccc(SCc2csc(-c3ccco3)n2)c1. The summed E-state index contributed by atoms with van der Waals surface area (Å²) in [6.07, 6.45) is 1.65. The van der Waals surface area contributed by atoms with Crippen LogP contribution in [0.1, 0.15) is 5.69 Å². The molecule has 3 aromatic rings. The van der Waals surface area contributed by atoms with Crippen LogP contribution in [-0.2, 0) is 5.75 Å². The molecular weight excluding hydrogens is 278 g/mol. The predicted octanol–water partition coefficient (Wildman–Crippen LogP) is 4.40. The monoisotopic (exact) mass is 289 g/mol. The summed E-state index contributed by atoms with van der Waals surface area (Å²) in [5.74, 6) is 1.87. The maximum atomic E-state index is 9.40. The van der Waals surface area contributed by atoms with Gasteiger partial charge in [0.15, 0.2) is 10.8 Å². The van der Waals surface area contributed by atoms with Gasteiger partial charge in [-0.05, 0) is 30.3 Å². The highest BCUT2D eigenvalue weighted by atomic mass is 32.2. The first-order chi connectivity index (χ1) is 9.31. The largest absolute Gasteiger partial charge is 0.508 e. The molecule has 1 aromatic carbocycles. The Balaban J connectivity index is 1.68. The number of aromatic hydroxyl groups is 1. The summed E-state index contributed by atoms with van der Waals surface area (Å²) in [5.41, 5.74) is 1.02. The minimum atomic E-state index is 0.291.